The van der Waals surface area contributed by atoms with Gasteiger partial charge in [-0.3, -0.25) is 4.31 Å². The molecule has 0 heterocycles. The van der Waals surface area contributed by atoms with Gasteiger partial charge in [0.05, 0.1) is 17.2 Å². The number of ether oxygens (including phenoxy) is 1. The highest BCUT2D eigenvalue weighted by molar-refractivity contribution is 7.92. The van der Waals surface area contributed by atoms with Gasteiger partial charge in [-0.1, -0.05) is 6.07 Å². The van der Waals surface area contributed by atoms with E-state index in [-0.39, 0.29) is 11.4 Å². The SMILES string of the molecule is CCOc1cccc(N(CC)S(=O)(=O)c2ccc(F)cc2)c1. The average molecular weight is 323 g/mol. The van der Waals surface area contributed by atoms with Crippen LogP contribution in [-0.2, 0) is 10.0 Å². The fourth-order valence-electron chi connectivity index (χ4n) is 2.12. The summed E-state index contributed by atoms with van der Waals surface area (Å²) in [7, 11) is -3.74. The zero-order valence-electron chi connectivity index (χ0n) is 12.5. The Labute approximate surface area is 130 Å². The first kappa shape index (κ1) is 16.3. The minimum Gasteiger partial charge on any atom is -0.494 e. The maximum Gasteiger partial charge on any atom is 0.264 e. The lowest BCUT2D eigenvalue weighted by Crippen LogP contribution is -2.30. The Kier molecular flexibility index (Phi) is 5.03. The molecule has 0 atom stereocenters. The first-order valence-electron chi connectivity index (χ1n) is 7.00. The fourth-order valence-corrected chi connectivity index (χ4v) is 3.59. The van der Waals surface area contributed by atoms with Crippen molar-refractivity contribution in [2.75, 3.05) is 17.5 Å². The molecule has 0 aliphatic rings. The molecule has 0 unspecified atom stereocenters. The molecule has 2 rings (SSSR count). The minimum absolute atomic E-state index is 0.0533. The lowest BCUT2D eigenvalue weighted by molar-refractivity contribution is 0.340. The van der Waals surface area contributed by atoms with Crippen LogP contribution in [0, 0.1) is 5.82 Å². The van der Waals surface area contributed by atoms with Crippen LogP contribution in [-0.4, -0.2) is 21.6 Å². The van der Waals surface area contributed by atoms with Crippen LogP contribution in [0.3, 0.4) is 0 Å². The van der Waals surface area contributed by atoms with E-state index in [1.54, 1.807) is 31.2 Å². The molecule has 118 valence electrons. The lowest BCUT2D eigenvalue weighted by Gasteiger charge is -2.23. The molecule has 0 bridgehead atoms. The van der Waals surface area contributed by atoms with E-state index >= 15 is 0 Å². The van der Waals surface area contributed by atoms with Gasteiger partial charge in [-0.2, -0.15) is 0 Å². The molecule has 0 amide bonds. The number of sulfonamides is 1. The van der Waals surface area contributed by atoms with Gasteiger partial charge in [0.15, 0.2) is 0 Å². The Morgan fingerprint density at radius 2 is 1.77 bits per heavy atom. The van der Waals surface area contributed by atoms with Crippen LogP contribution in [0.25, 0.3) is 0 Å². The summed E-state index contributed by atoms with van der Waals surface area (Å²) in [6, 6.07) is 11.7. The van der Waals surface area contributed by atoms with Crippen molar-refractivity contribution >= 4 is 15.7 Å². The number of halogens is 1. The lowest BCUT2D eigenvalue weighted by atomic mass is 10.3. The summed E-state index contributed by atoms with van der Waals surface area (Å²) in [6.07, 6.45) is 0. The van der Waals surface area contributed by atoms with Crippen LogP contribution in [0.2, 0.25) is 0 Å². The van der Waals surface area contributed by atoms with Crippen LogP contribution in [0.15, 0.2) is 53.4 Å². The summed E-state index contributed by atoms with van der Waals surface area (Å²) < 4.78 is 45.1. The zero-order chi connectivity index (χ0) is 16.2. The van der Waals surface area contributed by atoms with Crippen LogP contribution in [0.4, 0.5) is 10.1 Å². The summed E-state index contributed by atoms with van der Waals surface area (Å²) in [4.78, 5) is 0.0533. The third-order valence-electron chi connectivity index (χ3n) is 3.11. The fraction of sp³-hybridized carbons (Fsp3) is 0.250. The summed E-state index contributed by atoms with van der Waals surface area (Å²) in [5.74, 6) is 0.132. The van der Waals surface area contributed by atoms with E-state index in [0.29, 0.717) is 18.0 Å². The van der Waals surface area contributed by atoms with E-state index in [1.165, 1.54) is 16.4 Å². The standard InChI is InChI=1S/C16H18FNO3S/c1-3-18(14-6-5-7-15(12-14)21-4-2)22(19,20)16-10-8-13(17)9-11-16/h5-12H,3-4H2,1-2H3. The van der Waals surface area contributed by atoms with Crippen molar-refractivity contribution in [1.82, 2.24) is 0 Å². The second kappa shape index (κ2) is 6.79. The molecule has 2 aromatic rings. The van der Waals surface area contributed by atoms with Gasteiger partial charge in [0.25, 0.3) is 10.0 Å². The number of hydrogen-bond acceptors (Lipinski definition) is 3. The largest absolute Gasteiger partial charge is 0.494 e. The highest BCUT2D eigenvalue weighted by atomic mass is 32.2. The highest BCUT2D eigenvalue weighted by Crippen LogP contribution is 2.26. The van der Waals surface area contributed by atoms with Crippen molar-refractivity contribution in [2.45, 2.75) is 18.7 Å². The Bertz CT molecular complexity index is 729. The smallest absolute Gasteiger partial charge is 0.264 e. The van der Waals surface area contributed by atoms with E-state index in [0.717, 1.165) is 12.1 Å². The van der Waals surface area contributed by atoms with Gasteiger partial charge in [0, 0.05) is 12.6 Å². The molecule has 0 aliphatic carbocycles. The third-order valence-corrected chi connectivity index (χ3v) is 5.02. The van der Waals surface area contributed by atoms with E-state index in [9.17, 15) is 12.8 Å². The third kappa shape index (κ3) is 3.39. The first-order valence-corrected chi connectivity index (χ1v) is 8.44. The Morgan fingerprint density at radius 1 is 1.09 bits per heavy atom. The Balaban J connectivity index is 2.42. The van der Waals surface area contributed by atoms with Crippen LogP contribution < -0.4 is 9.04 Å². The average Bonchev–Trinajstić information content (AvgIpc) is 2.49. The molecule has 6 heteroatoms. The number of anilines is 1. The van der Waals surface area contributed by atoms with Crippen molar-refractivity contribution in [1.29, 1.82) is 0 Å². The minimum atomic E-state index is -3.74. The van der Waals surface area contributed by atoms with Crippen molar-refractivity contribution in [3.05, 3.63) is 54.3 Å². The molecule has 0 aromatic heterocycles. The summed E-state index contributed by atoms with van der Waals surface area (Å²) in [6.45, 7) is 4.36. The van der Waals surface area contributed by atoms with Crippen LogP contribution >= 0.6 is 0 Å². The first-order chi connectivity index (χ1) is 10.5. The number of rotatable bonds is 6. The maximum absolute atomic E-state index is 13.0. The highest BCUT2D eigenvalue weighted by Gasteiger charge is 2.23. The molecule has 0 saturated heterocycles. The van der Waals surface area contributed by atoms with Gasteiger partial charge in [0.2, 0.25) is 0 Å². The topological polar surface area (TPSA) is 46.6 Å². The number of benzene rings is 2. The summed E-state index contributed by atoms with van der Waals surface area (Å²) >= 11 is 0. The van der Waals surface area contributed by atoms with E-state index in [1.807, 2.05) is 6.92 Å². The molecule has 4 nitrogen and oxygen atoms in total. The van der Waals surface area contributed by atoms with Crippen LogP contribution in [0.5, 0.6) is 5.75 Å². The molecular weight excluding hydrogens is 305 g/mol. The summed E-state index contributed by atoms with van der Waals surface area (Å²) in [5.41, 5.74) is 0.512. The molecular formula is C16H18FNO3S. The zero-order valence-corrected chi connectivity index (χ0v) is 13.3. The quantitative estimate of drug-likeness (QED) is 0.818. The second-order valence-electron chi connectivity index (χ2n) is 4.55. The molecule has 2 aromatic carbocycles. The predicted molar refractivity (Wildman–Crippen MR) is 84.2 cm³/mol. The molecule has 0 saturated carbocycles. The van der Waals surface area contributed by atoms with Gasteiger partial charge < -0.3 is 4.74 Å². The van der Waals surface area contributed by atoms with Crippen molar-refractivity contribution in [2.24, 2.45) is 0 Å². The monoisotopic (exact) mass is 323 g/mol. The van der Waals surface area contributed by atoms with Gasteiger partial charge in [-0.05, 0) is 50.2 Å². The Morgan fingerprint density at radius 3 is 2.36 bits per heavy atom. The Hall–Kier alpha value is -2.08. The van der Waals surface area contributed by atoms with Crippen molar-refractivity contribution in [3.63, 3.8) is 0 Å². The number of nitrogens with zero attached hydrogens (tertiary/aromatic N) is 1. The normalized spacial score (nSPS) is 11.2. The molecule has 0 aliphatic heterocycles. The van der Waals surface area contributed by atoms with Crippen LogP contribution in [0.1, 0.15) is 13.8 Å². The van der Waals surface area contributed by atoms with Gasteiger partial charge in [0.1, 0.15) is 11.6 Å². The van der Waals surface area contributed by atoms with E-state index in [4.69, 9.17) is 4.74 Å². The van der Waals surface area contributed by atoms with Crippen molar-refractivity contribution in [3.8, 4) is 5.75 Å². The predicted octanol–water partition coefficient (Wildman–Crippen LogP) is 3.44. The molecule has 22 heavy (non-hydrogen) atoms. The molecule has 0 radical (unpaired) electrons. The van der Waals surface area contributed by atoms with Gasteiger partial charge >= 0.3 is 0 Å². The molecule has 0 N–H and O–H groups in total. The number of hydrogen-bond donors (Lipinski definition) is 0. The molecule has 0 spiro atoms. The molecule has 0 fully saturated rings. The van der Waals surface area contributed by atoms with Gasteiger partial charge in [-0.25, -0.2) is 12.8 Å². The van der Waals surface area contributed by atoms with Gasteiger partial charge in [-0.15, -0.1) is 0 Å². The van der Waals surface area contributed by atoms with E-state index in [2.05, 4.69) is 0 Å². The maximum atomic E-state index is 13.0. The van der Waals surface area contributed by atoms with Crippen molar-refractivity contribution < 1.29 is 17.5 Å². The van der Waals surface area contributed by atoms with E-state index < -0.39 is 15.8 Å². The second-order valence-corrected chi connectivity index (χ2v) is 6.42. The summed E-state index contributed by atoms with van der Waals surface area (Å²) in [5, 5.41) is 0.